The molecule has 0 aromatic carbocycles. The second-order valence-corrected chi connectivity index (χ2v) is 6.35. The summed E-state index contributed by atoms with van der Waals surface area (Å²) in [4.78, 5) is 27.7. The molecular formula is C17H27N5O2. The van der Waals surface area contributed by atoms with E-state index < -0.39 is 0 Å². The van der Waals surface area contributed by atoms with E-state index in [2.05, 4.69) is 25.8 Å². The minimum Gasteiger partial charge on any atom is -0.378 e. The van der Waals surface area contributed by atoms with Gasteiger partial charge in [-0.1, -0.05) is 6.92 Å². The molecule has 3 rings (SSSR count). The van der Waals surface area contributed by atoms with Gasteiger partial charge in [0.2, 0.25) is 5.91 Å². The van der Waals surface area contributed by atoms with Crippen LogP contribution >= 0.6 is 0 Å². The average molecular weight is 333 g/mol. The quantitative estimate of drug-likeness (QED) is 0.821. The number of nitrogens with zero attached hydrogens (tertiary/aromatic N) is 5. The molecule has 2 aliphatic rings. The number of aryl methyl sites for hydroxylation is 1. The van der Waals surface area contributed by atoms with Gasteiger partial charge < -0.3 is 19.4 Å². The topological polar surface area (TPSA) is 61.8 Å². The Morgan fingerprint density at radius 1 is 1.04 bits per heavy atom. The molecule has 2 fully saturated rings. The molecule has 0 spiro atoms. The maximum atomic E-state index is 12.0. The second-order valence-electron chi connectivity index (χ2n) is 6.35. The molecule has 0 unspecified atom stereocenters. The van der Waals surface area contributed by atoms with Gasteiger partial charge in [0.05, 0.1) is 13.2 Å². The monoisotopic (exact) mass is 333 g/mol. The second kappa shape index (κ2) is 7.79. The molecule has 2 saturated heterocycles. The third-order valence-corrected chi connectivity index (χ3v) is 4.57. The van der Waals surface area contributed by atoms with E-state index in [-0.39, 0.29) is 5.91 Å². The summed E-state index contributed by atoms with van der Waals surface area (Å²) < 4.78 is 5.42. The molecule has 0 N–H and O–H groups in total. The fourth-order valence-electron chi connectivity index (χ4n) is 3.21. The number of hydrogen-bond donors (Lipinski definition) is 0. The van der Waals surface area contributed by atoms with Gasteiger partial charge in [0.15, 0.2) is 0 Å². The number of amides is 1. The molecule has 0 aliphatic carbocycles. The van der Waals surface area contributed by atoms with E-state index in [9.17, 15) is 4.79 Å². The lowest BCUT2D eigenvalue weighted by molar-refractivity contribution is -0.131. The van der Waals surface area contributed by atoms with Crippen LogP contribution in [0.3, 0.4) is 0 Å². The van der Waals surface area contributed by atoms with Crippen molar-refractivity contribution >= 4 is 17.5 Å². The van der Waals surface area contributed by atoms with Gasteiger partial charge in [-0.3, -0.25) is 4.79 Å². The summed E-state index contributed by atoms with van der Waals surface area (Å²) in [5.74, 6) is 3.00. The lowest BCUT2D eigenvalue weighted by atomic mass is 10.2. The van der Waals surface area contributed by atoms with E-state index in [1.165, 1.54) is 0 Å². The Hall–Kier alpha value is -1.89. The van der Waals surface area contributed by atoms with Crippen molar-refractivity contribution in [2.75, 3.05) is 62.3 Å². The highest BCUT2D eigenvalue weighted by Crippen LogP contribution is 2.21. The van der Waals surface area contributed by atoms with E-state index in [1.807, 2.05) is 18.7 Å². The van der Waals surface area contributed by atoms with E-state index in [0.29, 0.717) is 6.42 Å². The third kappa shape index (κ3) is 3.95. The average Bonchev–Trinajstić information content (AvgIpc) is 2.62. The largest absolute Gasteiger partial charge is 0.378 e. The standard InChI is InChI=1S/C17H27N5O2/c1-3-4-17(23)22-7-5-20(6-8-22)15-13-16(19-14(2)18-15)21-9-11-24-12-10-21/h13H,3-12H2,1-2H3. The van der Waals surface area contributed by atoms with Crippen LogP contribution in [-0.4, -0.2) is 73.3 Å². The first-order chi connectivity index (χ1) is 11.7. The molecule has 7 nitrogen and oxygen atoms in total. The van der Waals surface area contributed by atoms with Gasteiger partial charge in [-0.05, 0) is 13.3 Å². The van der Waals surface area contributed by atoms with Crippen LogP contribution < -0.4 is 9.80 Å². The Bertz CT molecular complexity index is 566. The lowest BCUT2D eigenvalue weighted by Crippen LogP contribution is -2.49. The van der Waals surface area contributed by atoms with Crippen LogP contribution in [0.15, 0.2) is 6.07 Å². The van der Waals surface area contributed by atoms with Gasteiger partial charge in [0.25, 0.3) is 0 Å². The van der Waals surface area contributed by atoms with Crippen molar-refractivity contribution in [2.24, 2.45) is 0 Å². The molecule has 7 heteroatoms. The van der Waals surface area contributed by atoms with Crippen molar-refractivity contribution in [1.29, 1.82) is 0 Å². The normalized spacial score (nSPS) is 18.8. The molecular weight excluding hydrogens is 306 g/mol. The van der Waals surface area contributed by atoms with Crippen LogP contribution in [-0.2, 0) is 9.53 Å². The number of hydrogen-bond acceptors (Lipinski definition) is 6. The van der Waals surface area contributed by atoms with E-state index >= 15 is 0 Å². The van der Waals surface area contributed by atoms with Gasteiger partial charge in [0, 0.05) is 51.8 Å². The van der Waals surface area contributed by atoms with Crippen LogP contribution in [0.25, 0.3) is 0 Å². The van der Waals surface area contributed by atoms with Gasteiger partial charge >= 0.3 is 0 Å². The Labute approximate surface area is 143 Å². The highest BCUT2D eigenvalue weighted by molar-refractivity contribution is 5.76. The maximum Gasteiger partial charge on any atom is 0.222 e. The lowest BCUT2D eigenvalue weighted by Gasteiger charge is -2.36. The number of anilines is 2. The number of morpholine rings is 1. The van der Waals surface area contributed by atoms with Crippen molar-refractivity contribution in [1.82, 2.24) is 14.9 Å². The summed E-state index contributed by atoms with van der Waals surface area (Å²) in [5.41, 5.74) is 0. The predicted molar refractivity (Wildman–Crippen MR) is 93.5 cm³/mol. The number of carbonyl (C=O) groups is 1. The zero-order valence-corrected chi connectivity index (χ0v) is 14.7. The van der Waals surface area contributed by atoms with Gasteiger partial charge in [0.1, 0.15) is 17.5 Å². The molecule has 132 valence electrons. The first kappa shape index (κ1) is 17.0. The van der Waals surface area contributed by atoms with E-state index in [0.717, 1.165) is 76.4 Å². The Balaban J connectivity index is 1.67. The zero-order valence-electron chi connectivity index (χ0n) is 14.7. The molecule has 3 heterocycles. The number of carbonyl (C=O) groups excluding carboxylic acids is 1. The minimum atomic E-state index is 0.269. The molecule has 0 saturated carbocycles. The van der Waals surface area contributed by atoms with Gasteiger partial charge in [-0.15, -0.1) is 0 Å². The summed E-state index contributed by atoms with van der Waals surface area (Å²) in [7, 11) is 0. The first-order valence-electron chi connectivity index (χ1n) is 8.88. The summed E-state index contributed by atoms with van der Waals surface area (Å²) in [6.07, 6.45) is 1.56. The zero-order chi connectivity index (χ0) is 16.9. The summed E-state index contributed by atoms with van der Waals surface area (Å²) >= 11 is 0. The molecule has 1 aromatic heterocycles. The molecule has 1 aromatic rings. The van der Waals surface area contributed by atoms with Crippen LogP contribution in [0.1, 0.15) is 25.6 Å². The molecule has 0 atom stereocenters. The van der Waals surface area contributed by atoms with E-state index in [1.54, 1.807) is 0 Å². The van der Waals surface area contributed by atoms with Crippen LogP contribution in [0.4, 0.5) is 11.6 Å². The molecule has 1 amide bonds. The Morgan fingerprint density at radius 3 is 2.21 bits per heavy atom. The van der Waals surface area contributed by atoms with Crippen molar-refractivity contribution < 1.29 is 9.53 Å². The number of aromatic nitrogens is 2. The predicted octanol–water partition coefficient (Wildman–Crippen LogP) is 1.07. The van der Waals surface area contributed by atoms with Gasteiger partial charge in [-0.2, -0.15) is 0 Å². The molecule has 2 aliphatic heterocycles. The van der Waals surface area contributed by atoms with Crippen LogP contribution in [0.5, 0.6) is 0 Å². The third-order valence-electron chi connectivity index (χ3n) is 4.57. The fraction of sp³-hybridized carbons (Fsp3) is 0.706. The summed E-state index contributed by atoms with van der Waals surface area (Å²) in [6, 6.07) is 2.07. The Kier molecular flexibility index (Phi) is 5.50. The fourth-order valence-corrected chi connectivity index (χ4v) is 3.21. The first-order valence-corrected chi connectivity index (χ1v) is 8.88. The highest BCUT2D eigenvalue weighted by atomic mass is 16.5. The van der Waals surface area contributed by atoms with Crippen molar-refractivity contribution in [3.63, 3.8) is 0 Å². The smallest absolute Gasteiger partial charge is 0.222 e. The number of rotatable bonds is 4. The van der Waals surface area contributed by atoms with Crippen molar-refractivity contribution in [3.05, 3.63) is 11.9 Å². The van der Waals surface area contributed by atoms with E-state index in [4.69, 9.17) is 4.74 Å². The van der Waals surface area contributed by atoms with Crippen molar-refractivity contribution in [3.8, 4) is 0 Å². The minimum absolute atomic E-state index is 0.269. The maximum absolute atomic E-state index is 12.0. The summed E-state index contributed by atoms with van der Waals surface area (Å²) in [6.45, 7) is 10.4. The van der Waals surface area contributed by atoms with Crippen LogP contribution in [0.2, 0.25) is 0 Å². The number of piperazine rings is 1. The van der Waals surface area contributed by atoms with Gasteiger partial charge in [-0.25, -0.2) is 9.97 Å². The highest BCUT2D eigenvalue weighted by Gasteiger charge is 2.23. The summed E-state index contributed by atoms with van der Waals surface area (Å²) in [5, 5.41) is 0. The molecule has 24 heavy (non-hydrogen) atoms. The molecule has 0 bridgehead atoms. The SMILES string of the molecule is CCCC(=O)N1CCN(c2cc(N3CCOCC3)nc(C)n2)CC1. The Morgan fingerprint density at radius 2 is 1.62 bits per heavy atom. The molecule has 0 radical (unpaired) electrons. The van der Waals surface area contributed by atoms with Crippen LogP contribution in [0, 0.1) is 6.92 Å². The van der Waals surface area contributed by atoms with Crippen molar-refractivity contribution in [2.45, 2.75) is 26.7 Å². The number of ether oxygens (including phenoxy) is 1.